The molecule has 1 aromatic carbocycles. The third kappa shape index (κ3) is 6.94. The molecule has 0 fully saturated rings. The Morgan fingerprint density at radius 2 is 1.79 bits per heavy atom. The maximum Gasteiger partial charge on any atom is 0.407 e. The molecule has 3 N–H and O–H groups in total. The summed E-state index contributed by atoms with van der Waals surface area (Å²) >= 11 is 0. The Morgan fingerprint density at radius 3 is 2.46 bits per heavy atom. The van der Waals surface area contributed by atoms with Gasteiger partial charge in [0, 0.05) is 0 Å². The topological polar surface area (TPSA) is 114 Å². The minimum absolute atomic E-state index is 0.0919. The zero-order chi connectivity index (χ0) is 20.4. The van der Waals surface area contributed by atoms with Gasteiger partial charge in [0.05, 0.1) is 24.6 Å². The highest BCUT2D eigenvalue weighted by atomic mass is 16.6. The van der Waals surface area contributed by atoms with Gasteiger partial charge in [0.25, 0.3) is 0 Å². The van der Waals surface area contributed by atoms with Crippen molar-refractivity contribution in [1.82, 2.24) is 10.6 Å². The Morgan fingerprint density at radius 1 is 1.07 bits per heavy atom. The molecule has 2 amide bonds. The summed E-state index contributed by atoms with van der Waals surface area (Å²) in [4.78, 5) is 35.3. The summed E-state index contributed by atoms with van der Waals surface area (Å²) in [6, 6.07) is 7.97. The van der Waals surface area contributed by atoms with Crippen LogP contribution in [0.25, 0.3) is 0 Å². The first-order valence-corrected chi connectivity index (χ1v) is 9.31. The van der Waals surface area contributed by atoms with E-state index in [0.717, 1.165) is 18.4 Å². The van der Waals surface area contributed by atoms with Crippen LogP contribution in [0.3, 0.4) is 0 Å². The Labute approximate surface area is 163 Å². The highest BCUT2D eigenvalue weighted by Gasteiger charge is 2.34. The number of carbonyl (C=O) groups is 3. The van der Waals surface area contributed by atoms with E-state index in [1.807, 2.05) is 37.3 Å². The summed E-state index contributed by atoms with van der Waals surface area (Å²) in [6.45, 7) is 2.40. The largest absolute Gasteiger partial charge is 0.481 e. The molecule has 28 heavy (non-hydrogen) atoms. The number of ether oxygens (including phenoxy) is 2. The number of carboxylic acids is 1. The van der Waals surface area contributed by atoms with Crippen molar-refractivity contribution in [3.8, 4) is 0 Å². The number of alkyl carbamates (subject to hydrolysis) is 2. The van der Waals surface area contributed by atoms with Crippen molar-refractivity contribution in [2.24, 2.45) is 5.92 Å². The van der Waals surface area contributed by atoms with Gasteiger partial charge in [-0.3, -0.25) is 4.79 Å². The van der Waals surface area contributed by atoms with Crippen molar-refractivity contribution in [3.05, 3.63) is 48.0 Å². The lowest BCUT2D eigenvalue weighted by molar-refractivity contribution is -0.142. The van der Waals surface area contributed by atoms with E-state index in [2.05, 4.69) is 10.6 Å². The fourth-order valence-electron chi connectivity index (χ4n) is 2.80. The number of carbonyl (C=O) groups excluding carboxylic acids is 2. The zero-order valence-corrected chi connectivity index (χ0v) is 15.8. The van der Waals surface area contributed by atoms with Crippen LogP contribution in [0.15, 0.2) is 42.5 Å². The quantitative estimate of drug-likeness (QED) is 0.465. The molecule has 0 aromatic heterocycles. The molecule has 1 aliphatic carbocycles. The van der Waals surface area contributed by atoms with E-state index in [9.17, 15) is 19.5 Å². The van der Waals surface area contributed by atoms with Gasteiger partial charge in [-0.05, 0) is 18.4 Å². The number of unbranched alkanes of at least 4 members (excludes halogenated alkanes) is 1. The van der Waals surface area contributed by atoms with E-state index in [0.29, 0.717) is 6.61 Å². The van der Waals surface area contributed by atoms with Crippen LogP contribution in [0, 0.1) is 5.92 Å². The predicted molar refractivity (Wildman–Crippen MR) is 102 cm³/mol. The molecular weight excluding hydrogens is 364 g/mol. The predicted octanol–water partition coefficient (Wildman–Crippen LogP) is 2.84. The smallest absolute Gasteiger partial charge is 0.407 e. The Hall–Kier alpha value is -3.03. The third-order valence-corrected chi connectivity index (χ3v) is 4.34. The summed E-state index contributed by atoms with van der Waals surface area (Å²) in [7, 11) is 0. The number of aliphatic carboxylic acids is 1. The van der Waals surface area contributed by atoms with Crippen LogP contribution in [0.1, 0.15) is 31.7 Å². The number of carboxylic acid groups (broad SMARTS) is 1. The molecule has 2 rings (SSSR count). The minimum atomic E-state index is -1.07. The maximum atomic E-state index is 12.0. The van der Waals surface area contributed by atoms with Gasteiger partial charge >= 0.3 is 18.2 Å². The minimum Gasteiger partial charge on any atom is -0.481 e. The van der Waals surface area contributed by atoms with Gasteiger partial charge in [0.2, 0.25) is 0 Å². The summed E-state index contributed by atoms with van der Waals surface area (Å²) in [5.74, 6) is -1.96. The van der Waals surface area contributed by atoms with Gasteiger partial charge in [-0.25, -0.2) is 9.59 Å². The van der Waals surface area contributed by atoms with Crippen molar-refractivity contribution in [3.63, 3.8) is 0 Å². The molecule has 8 nitrogen and oxygen atoms in total. The third-order valence-electron chi connectivity index (χ3n) is 4.34. The first kappa shape index (κ1) is 21.3. The summed E-state index contributed by atoms with van der Waals surface area (Å²) in [5, 5.41) is 14.7. The average Bonchev–Trinajstić information content (AvgIpc) is 2.68. The van der Waals surface area contributed by atoms with E-state index < -0.39 is 36.2 Å². The van der Waals surface area contributed by atoms with Crippen molar-refractivity contribution >= 4 is 18.2 Å². The molecule has 3 atom stereocenters. The fourth-order valence-corrected chi connectivity index (χ4v) is 2.80. The lowest BCUT2D eigenvalue weighted by Gasteiger charge is -2.29. The van der Waals surface area contributed by atoms with Gasteiger partial charge in [0.1, 0.15) is 6.61 Å². The lowest BCUT2D eigenvalue weighted by atomic mass is 9.87. The van der Waals surface area contributed by atoms with Gasteiger partial charge in [-0.2, -0.15) is 0 Å². The summed E-state index contributed by atoms with van der Waals surface area (Å²) in [5.41, 5.74) is 0.831. The van der Waals surface area contributed by atoms with E-state index in [1.54, 1.807) is 12.2 Å². The molecule has 1 aromatic rings. The number of benzene rings is 1. The van der Waals surface area contributed by atoms with E-state index in [4.69, 9.17) is 9.47 Å². The molecule has 152 valence electrons. The van der Waals surface area contributed by atoms with Crippen LogP contribution in [-0.2, 0) is 20.9 Å². The SMILES string of the molecule is CCCCOC(=O)N[C@@H]1C=C[C@@H](NC(=O)OCc2ccccc2)[C@H](C(=O)O)C1. The molecule has 0 radical (unpaired) electrons. The number of amides is 2. The van der Waals surface area contributed by atoms with Crippen molar-refractivity contribution < 1.29 is 29.0 Å². The second kappa shape index (κ2) is 11.0. The molecule has 0 unspecified atom stereocenters. The number of hydrogen-bond donors (Lipinski definition) is 3. The van der Waals surface area contributed by atoms with Gasteiger partial charge in [0.15, 0.2) is 0 Å². The molecule has 8 heteroatoms. The maximum absolute atomic E-state index is 12.0. The fraction of sp³-hybridized carbons (Fsp3) is 0.450. The van der Waals surface area contributed by atoms with Crippen LogP contribution >= 0.6 is 0 Å². The highest BCUT2D eigenvalue weighted by Crippen LogP contribution is 2.20. The Kier molecular flexibility index (Phi) is 8.33. The number of hydrogen-bond acceptors (Lipinski definition) is 5. The van der Waals surface area contributed by atoms with Crippen LogP contribution in [0.2, 0.25) is 0 Å². The van der Waals surface area contributed by atoms with Gasteiger partial charge < -0.3 is 25.2 Å². The first-order chi connectivity index (χ1) is 13.5. The summed E-state index contributed by atoms with van der Waals surface area (Å²) < 4.78 is 10.2. The van der Waals surface area contributed by atoms with E-state index in [-0.39, 0.29) is 13.0 Å². The van der Waals surface area contributed by atoms with Crippen molar-refractivity contribution in [1.29, 1.82) is 0 Å². The molecule has 1 aliphatic rings. The van der Waals surface area contributed by atoms with Gasteiger partial charge in [-0.15, -0.1) is 0 Å². The average molecular weight is 390 g/mol. The molecule has 0 spiro atoms. The second-order valence-electron chi connectivity index (χ2n) is 6.54. The van der Waals surface area contributed by atoms with Gasteiger partial charge in [-0.1, -0.05) is 55.8 Å². The number of rotatable bonds is 8. The number of nitrogens with one attached hydrogen (secondary N) is 2. The molecule has 0 saturated carbocycles. The standard InChI is InChI=1S/C20H26N2O6/c1-2-3-11-27-19(25)21-15-9-10-17(16(12-15)18(23)24)22-20(26)28-13-14-7-5-4-6-8-14/h4-10,15-17H,2-3,11-13H2,1H3,(H,21,25)(H,22,26)(H,23,24)/t15-,16-,17-/m1/s1. The second-order valence-corrected chi connectivity index (χ2v) is 6.54. The van der Waals surface area contributed by atoms with Crippen LogP contribution in [-0.4, -0.2) is 42.0 Å². The Bertz CT molecular complexity index is 691. The highest BCUT2D eigenvalue weighted by molar-refractivity contribution is 5.75. The van der Waals surface area contributed by atoms with Crippen molar-refractivity contribution in [2.45, 2.75) is 44.9 Å². The lowest BCUT2D eigenvalue weighted by Crippen LogP contribution is -2.48. The van der Waals surface area contributed by atoms with E-state index in [1.165, 1.54) is 0 Å². The van der Waals surface area contributed by atoms with Crippen LogP contribution in [0.4, 0.5) is 9.59 Å². The monoisotopic (exact) mass is 390 g/mol. The van der Waals surface area contributed by atoms with E-state index >= 15 is 0 Å². The zero-order valence-electron chi connectivity index (χ0n) is 15.8. The van der Waals surface area contributed by atoms with Crippen molar-refractivity contribution in [2.75, 3.05) is 6.61 Å². The molecule has 0 aliphatic heterocycles. The van der Waals surface area contributed by atoms with Crippen LogP contribution in [0.5, 0.6) is 0 Å². The molecule has 0 bridgehead atoms. The molecular formula is C20H26N2O6. The van der Waals surface area contributed by atoms with Crippen LogP contribution < -0.4 is 10.6 Å². The molecule has 0 saturated heterocycles. The first-order valence-electron chi connectivity index (χ1n) is 9.31. The summed E-state index contributed by atoms with van der Waals surface area (Å²) in [6.07, 6.45) is 3.74. The Balaban J connectivity index is 1.86. The normalized spacial score (nSPS) is 20.8. The molecule has 0 heterocycles.